The second-order valence-electron chi connectivity index (χ2n) is 8.55. The van der Waals surface area contributed by atoms with E-state index in [4.69, 9.17) is 10.7 Å². The zero-order chi connectivity index (χ0) is 21.8. The van der Waals surface area contributed by atoms with Crippen LogP contribution < -0.4 is 16.4 Å². The minimum atomic E-state index is -0.120. The molecule has 1 aromatic carbocycles. The number of imidazole rings is 1. The lowest BCUT2D eigenvalue weighted by atomic mass is 9.91. The van der Waals surface area contributed by atoms with E-state index < -0.39 is 0 Å². The van der Waals surface area contributed by atoms with Crippen molar-refractivity contribution in [3.05, 3.63) is 42.1 Å². The molecule has 8 heteroatoms. The number of hydrogen-bond acceptors (Lipinski definition) is 6. The highest BCUT2D eigenvalue weighted by Crippen LogP contribution is 2.24. The molecule has 0 spiro atoms. The van der Waals surface area contributed by atoms with Crippen LogP contribution in [0.15, 0.2) is 36.5 Å². The Kier molecular flexibility index (Phi) is 6.48. The van der Waals surface area contributed by atoms with E-state index in [9.17, 15) is 4.79 Å². The van der Waals surface area contributed by atoms with Crippen molar-refractivity contribution >= 4 is 22.8 Å². The molecule has 0 bridgehead atoms. The number of fused-ring (bicyclic) bond motifs is 1. The summed E-state index contributed by atoms with van der Waals surface area (Å²) in [6.07, 6.45) is 5.50. The molecule has 31 heavy (non-hydrogen) atoms. The molecule has 1 aliphatic carbocycles. The number of carbonyl (C=O) groups is 1. The van der Waals surface area contributed by atoms with Crippen molar-refractivity contribution in [1.29, 1.82) is 0 Å². The van der Waals surface area contributed by atoms with Crippen LogP contribution in [-0.4, -0.2) is 65.0 Å². The molecule has 8 nitrogen and oxygen atoms in total. The molecule has 164 valence electrons. The smallest absolute Gasteiger partial charge is 0.253 e. The molecule has 2 atom stereocenters. The van der Waals surface area contributed by atoms with Crippen LogP contribution in [0.2, 0.25) is 0 Å². The minimum absolute atomic E-state index is 0.116. The molecule has 1 saturated carbocycles. The summed E-state index contributed by atoms with van der Waals surface area (Å²) in [6.45, 7) is 1.85. The fraction of sp³-hybridized carbons (Fsp3) is 0.435. The van der Waals surface area contributed by atoms with Crippen molar-refractivity contribution in [2.75, 3.05) is 32.5 Å². The Labute approximate surface area is 182 Å². The highest BCUT2D eigenvalue weighted by atomic mass is 16.1. The fourth-order valence-corrected chi connectivity index (χ4v) is 4.02. The number of amides is 1. The third-order valence-electron chi connectivity index (χ3n) is 5.73. The summed E-state index contributed by atoms with van der Waals surface area (Å²) >= 11 is 0. The summed E-state index contributed by atoms with van der Waals surface area (Å²) in [6, 6.07) is 10.1. The number of anilines is 1. The molecule has 2 unspecified atom stereocenters. The number of pyridine rings is 1. The lowest BCUT2D eigenvalue weighted by Gasteiger charge is -2.27. The molecule has 2 aromatic heterocycles. The van der Waals surface area contributed by atoms with Crippen LogP contribution in [0.3, 0.4) is 0 Å². The largest absolute Gasteiger partial charge is 0.384 e. The normalized spacial score (nSPS) is 19.0. The predicted octanol–water partition coefficient (Wildman–Crippen LogP) is 2.60. The summed E-state index contributed by atoms with van der Waals surface area (Å²) in [4.78, 5) is 27.4. The first-order valence-corrected chi connectivity index (χ1v) is 10.9. The average molecular weight is 422 g/mol. The topological polar surface area (TPSA) is 112 Å². The maximum Gasteiger partial charge on any atom is 0.253 e. The molecular weight excluding hydrogens is 390 g/mol. The van der Waals surface area contributed by atoms with Gasteiger partial charge in [-0.3, -0.25) is 4.79 Å². The van der Waals surface area contributed by atoms with Gasteiger partial charge in [-0.05, 0) is 70.1 Å². The van der Waals surface area contributed by atoms with Gasteiger partial charge in [0.1, 0.15) is 11.3 Å². The minimum Gasteiger partial charge on any atom is -0.384 e. The number of H-pyrrole nitrogens is 1. The highest BCUT2D eigenvalue weighted by Gasteiger charge is 2.23. The van der Waals surface area contributed by atoms with Gasteiger partial charge in [-0.15, -0.1) is 0 Å². The van der Waals surface area contributed by atoms with E-state index in [1.165, 1.54) is 0 Å². The molecule has 1 aliphatic rings. The monoisotopic (exact) mass is 421 g/mol. The SMILES string of the molecule is CN(C)CCNc1ccc(-c2nc3c(C(=O)NC4CCCC(N)C4)ccnc3[nH]2)cc1. The van der Waals surface area contributed by atoms with Crippen molar-refractivity contribution in [3.8, 4) is 11.4 Å². The molecule has 0 aliphatic heterocycles. The van der Waals surface area contributed by atoms with Gasteiger partial charge in [0, 0.05) is 42.6 Å². The van der Waals surface area contributed by atoms with E-state index in [0.29, 0.717) is 22.6 Å². The van der Waals surface area contributed by atoms with Crippen molar-refractivity contribution in [3.63, 3.8) is 0 Å². The Hall–Kier alpha value is -2.97. The van der Waals surface area contributed by atoms with Gasteiger partial charge in [0.15, 0.2) is 5.65 Å². The van der Waals surface area contributed by atoms with Gasteiger partial charge in [0.05, 0.1) is 5.56 Å². The number of nitrogens with two attached hydrogens (primary N) is 1. The zero-order valence-electron chi connectivity index (χ0n) is 18.2. The Morgan fingerprint density at radius 2 is 2.03 bits per heavy atom. The molecule has 0 saturated heterocycles. The number of likely N-dealkylation sites (N-methyl/N-ethyl adjacent to an activating group) is 1. The summed E-state index contributed by atoms with van der Waals surface area (Å²) in [5, 5.41) is 6.53. The van der Waals surface area contributed by atoms with Crippen LogP contribution in [0.4, 0.5) is 5.69 Å². The Morgan fingerprint density at radius 1 is 1.23 bits per heavy atom. The van der Waals surface area contributed by atoms with E-state index in [-0.39, 0.29) is 18.0 Å². The van der Waals surface area contributed by atoms with Crippen LogP contribution in [0.5, 0.6) is 0 Å². The second-order valence-corrected chi connectivity index (χ2v) is 8.55. The molecule has 1 amide bonds. The van der Waals surface area contributed by atoms with Gasteiger partial charge in [0.25, 0.3) is 5.91 Å². The van der Waals surface area contributed by atoms with Gasteiger partial charge in [-0.25, -0.2) is 9.97 Å². The molecule has 4 rings (SSSR count). The number of benzene rings is 1. The molecule has 3 aromatic rings. The summed E-state index contributed by atoms with van der Waals surface area (Å²) < 4.78 is 0. The van der Waals surface area contributed by atoms with Crippen LogP contribution >= 0.6 is 0 Å². The van der Waals surface area contributed by atoms with Gasteiger partial charge >= 0.3 is 0 Å². The molecular formula is C23H31N7O. The number of aromatic nitrogens is 3. The maximum absolute atomic E-state index is 12.9. The highest BCUT2D eigenvalue weighted by molar-refractivity contribution is 6.04. The predicted molar refractivity (Wildman–Crippen MR) is 124 cm³/mol. The van der Waals surface area contributed by atoms with E-state index >= 15 is 0 Å². The number of nitrogens with zero attached hydrogens (tertiary/aromatic N) is 3. The third kappa shape index (κ3) is 5.21. The van der Waals surface area contributed by atoms with Gasteiger partial charge in [-0.2, -0.15) is 0 Å². The Balaban J connectivity index is 1.50. The number of rotatable bonds is 7. The maximum atomic E-state index is 12.9. The van der Waals surface area contributed by atoms with Crippen LogP contribution in [0, 0.1) is 0 Å². The first-order valence-electron chi connectivity index (χ1n) is 10.9. The number of carbonyl (C=O) groups excluding carboxylic acids is 1. The van der Waals surface area contributed by atoms with Crippen molar-refractivity contribution in [2.45, 2.75) is 37.8 Å². The van der Waals surface area contributed by atoms with Crippen LogP contribution in [-0.2, 0) is 0 Å². The van der Waals surface area contributed by atoms with E-state index in [2.05, 4.69) is 39.6 Å². The summed E-state index contributed by atoms with van der Waals surface area (Å²) in [5.41, 5.74) is 9.80. The lowest BCUT2D eigenvalue weighted by Crippen LogP contribution is -2.42. The molecule has 0 radical (unpaired) electrons. The van der Waals surface area contributed by atoms with Gasteiger partial charge < -0.3 is 26.3 Å². The zero-order valence-corrected chi connectivity index (χ0v) is 18.2. The lowest BCUT2D eigenvalue weighted by molar-refractivity contribution is 0.0927. The number of aromatic amines is 1. The second kappa shape index (κ2) is 9.45. The van der Waals surface area contributed by atoms with Gasteiger partial charge in [0.2, 0.25) is 0 Å². The first kappa shape index (κ1) is 21.3. The van der Waals surface area contributed by atoms with Crippen LogP contribution in [0.1, 0.15) is 36.0 Å². The van der Waals surface area contributed by atoms with Crippen molar-refractivity contribution < 1.29 is 4.79 Å². The number of hydrogen-bond donors (Lipinski definition) is 4. The van der Waals surface area contributed by atoms with E-state index in [0.717, 1.165) is 50.0 Å². The quantitative estimate of drug-likeness (QED) is 0.467. The Morgan fingerprint density at radius 3 is 2.77 bits per heavy atom. The molecule has 2 heterocycles. The van der Waals surface area contributed by atoms with Gasteiger partial charge in [-0.1, -0.05) is 0 Å². The van der Waals surface area contributed by atoms with Crippen molar-refractivity contribution in [2.24, 2.45) is 5.73 Å². The third-order valence-corrected chi connectivity index (χ3v) is 5.73. The standard InChI is InChI=1S/C23H31N7O/c1-30(2)13-12-25-17-8-6-15(7-9-17)21-28-20-19(10-11-26-22(20)29-21)23(31)27-18-5-3-4-16(24)14-18/h6-11,16,18,25H,3-5,12-14,24H2,1-2H3,(H,27,31)(H,26,28,29). The average Bonchev–Trinajstić information content (AvgIpc) is 3.18. The van der Waals surface area contributed by atoms with E-state index in [1.807, 2.05) is 24.3 Å². The van der Waals surface area contributed by atoms with E-state index in [1.54, 1.807) is 12.3 Å². The Bertz CT molecular complexity index is 1030. The first-order chi connectivity index (χ1) is 15.0. The number of nitrogens with one attached hydrogen (secondary N) is 3. The molecule has 5 N–H and O–H groups in total. The van der Waals surface area contributed by atoms with Crippen LogP contribution in [0.25, 0.3) is 22.6 Å². The summed E-state index contributed by atoms with van der Waals surface area (Å²) in [5.74, 6) is 0.576. The van der Waals surface area contributed by atoms with Crippen molar-refractivity contribution in [1.82, 2.24) is 25.2 Å². The fourth-order valence-electron chi connectivity index (χ4n) is 4.02. The summed E-state index contributed by atoms with van der Waals surface area (Å²) in [7, 11) is 4.11. The molecule has 1 fully saturated rings.